The van der Waals surface area contributed by atoms with Gasteiger partial charge < -0.3 is 10.2 Å². The molecule has 8 heteroatoms. The Balaban J connectivity index is 1.60. The van der Waals surface area contributed by atoms with E-state index in [1.807, 2.05) is 44.4 Å². The molecule has 0 spiro atoms. The molecular weight excluding hydrogens is 372 g/mol. The molecule has 2 heterocycles. The highest BCUT2D eigenvalue weighted by molar-refractivity contribution is 7.12. The largest absolute Gasteiger partial charge is 0.363 e. The minimum absolute atomic E-state index is 0.206. The van der Waals surface area contributed by atoms with E-state index in [1.165, 1.54) is 11.3 Å². The number of carbonyl (C=O) groups is 1. The monoisotopic (exact) mass is 390 g/mol. The van der Waals surface area contributed by atoms with Crippen LogP contribution in [-0.4, -0.2) is 43.4 Å². The molecule has 1 aliphatic rings. The van der Waals surface area contributed by atoms with Gasteiger partial charge in [-0.15, -0.1) is 11.3 Å². The summed E-state index contributed by atoms with van der Waals surface area (Å²) in [5.41, 5.74) is 5.52. The summed E-state index contributed by atoms with van der Waals surface area (Å²) in [4.78, 5) is 19.8. The number of halogens is 1. The van der Waals surface area contributed by atoms with E-state index in [-0.39, 0.29) is 12.0 Å². The third-order valence-corrected chi connectivity index (χ3v) is 5.22. The molecule has 1 atom stereocenters. The molecule has 1 aliphatic heterocycles. The van der Waals surface area contributed by atoms with E-state index < -0.39 is 0 Å². The standard InChI is InChI=1S/C18H19ClN4O2S/c1-23(2)17(20)12-5-3-11(4-6-12)15-9-13(25-22-15)10-21-18(24)16-14(19)7-8-26-16/h3-9,13,20,22H,10H2,1-2H3,(H,21,24). The number of hydroxylamine groups is 1. The van der Waals surface area contributed by atoms with E-state index in [9.17, 15) is 4.79 Å². The number of nitrogens with zero attached hydrogens (tertiary/aromatic N) is 1. The first-order valence-corrected chi connectivity index (χ1v) is 9.23. The van der Waals surface area contributed by atoms with Crippen LogP contribution in [0.1, 0.15) is 20.8 Å². The Hall–Kier alpha value is -2.35. The van der Waals surface area contributed by atoms with E-state index >= 15 is 0 Å². The molecule has 0 bridgehead atoms. The highest BCUT2D eigenvalue weighted by Crippen LogP contribution is 2.22. The number of carbonyl (C=O) groups excluding carboxylic acids is 1. The summed E-state index contributed by atoms with van der Waals surface area (Å²) in [6.45, 7) is 0.340. The molecule has 0 saturated heterocycles. The predicted molar refractivity (Wildman–Crippen MR) is 105 cm³/mol. The van der Waals surface area contributed by atoms with Crippen molar-refractivity contribution in [2.24, 2.45) is 0 Å². The second kappa shape index (κ2) is 7.90. The average Bonchev–Trinajstić information content (AvgIpc) is 3.28. The van der Waals surface area contributed by atoms with Crippen LogP contribution >= 0.6 is 22.9 Å². The van der Waals surface area contributed by atoms with E-state index in [1.54, 1.807) is 16.3 Å². The fraction of sp³-hybridized carbons (Fsp3) is 0.222. The number of nitrogens with one attached hydrogen (secondary N) is 3. The lowest BCUT2D eigenvalue weighted by molar-refractivity contribution is 0.0499. The van der Waals surface area contributed by atoms with Crippen LogP contribution in [0.4, 0.5) is 0 Å². The summed E-state index contributed by atoms with van der Waals surface area (Å²) in [5.74, 6) is 0.246. The third kappa shape index (κ3) is 4.07. The van der Waals surface area contributed by atoms with Gasteiger partial charge in [0.05, 0.1) is 17.3 Å². The minimum Gasteiger partial charge on any atom is -0.363 e. The Bertz CT molecular complexity index is 845. The third-order valence-electron chi connectivity index (χ3n) is 3.88. The van der Waals surface area contributed by atoms with Crippen molar-refractivity contribution in [3.63, 3.8) is 0 Å². The zero-order chi connectivity index (χ0) is 18.7. The number of benzene rings is 1. The van der Waals surface area contributed by atoms with Gasteiger partial charge in [-0.2, -0.15) is 0 Å². The summed E-state index contributed by atoms with van der Waals surface area (Å²) < 4.78 is 0. The Morgan fingerprint density at radius 2 is 2.08 bits per heavy atom. The smallest absolute Gasteiger partial charge is 0.262 e. The lowest BCUT2D eigenvalue weighted by Crippen LogP contribution is -2.32. The molecule has 0 saturated carbocycles. The first-order valence-electron chi connectivity index (χ1n) is 7.97. The van der Waals surface area contributed by atoms with E-state index in [4.69, 9.17) is 21.8 Å². The van der Waals surface area contributed by atoms with Crippen LogP contribution in [0.25, 0.3) is 5.70 Å². The summed E-state index contributed by atoms with van der Waals surface area (Å²) in [7, 11) is 3.68. The molecule has 1 aromatic heterocycles. The van der Waals surface area contributed by atoms with Gasteiger partial charge in [-0.3, -0.25) is 20.5 Å². The van der Waals surface area contributed by atoms with Crippen LogP contribution in [0, 0.1) is 5.41 Å². The van der Waals surface area contributed by atoms with Gasteiger partial charge in [0, 0.05) is 19.7 Å². The Morgan fingerprint density at radius 1 is 1.35 bits per heavy atom. The summed E-state index contributed by atoms with van der Waals surface area (Å²) in [6.07, 6.45) is 1.65. The molecule has 26 heavy (non-hydrogen) atoms. The Morgan fingerprint density at radius 3 is 2.69 bits per heavy atom. The maximum atomic E-state index is 12.1. The highest BCUT2D eigenvalue weighted by atomic mass is 35.5. The van der Waals surface area contributed by atoms with Crippen molar-refractivity contribution in [2.45, 2.75) is 6.10 Å². The molecule has 1 amide bonds. The molecule has 3 rings (SSSR count). The highest BCUT2D eigenvalue weighted by Gasteiger charge is 2.20. The Kier molecular flexibility index (Phi) is 5.61. The number of rotatable bonds is 5. The fourth-order valence-electron chi connectivity index (χ4n) is 2.44. The van der Waals surface area contributed by atoms with Gasteiger partial charge in [0.1, 0.15) is 16.8 Å². The minimum atomic E-state index is -0.271. The maximum Gasteiger partial charge on any atom is 0.262 e. The van der Waals surface area contributed by atoms with Crippen molar-refractivity contribution in [1.82, 2.24) is 15.7 Å². The lowest BCUT2D eigenvalue weighted by atomic mass is 10.1. The van der Waals surface area contributed by atoms with Crippen LogP contribution < -0.4 is 10.8 Å². The van der Waals surface area contributed by atoms with Crippen molar-refractivity contribution in [1.29, 1.82) is 5.41 Å². The number of amides is 1. The van der Waals surface area contributed by atoms with Crippen molar-refractivity contribution in [3.05, 3.63) is 62.8 Å². The SMILES string of the molecule is CN(C)C(=N)c1ccc(C2=CC(CNC(=O)c3sccc3Cl)ON2)cc1. The van der Waals surface area contributed by atoms with Gasteiger partial charge in [-0.1, -0.05) is 35.9 Å². The Labute approximate surface area is 160 Å². The van der Waals surface area contributed by atoms with E-state index in [0.29, 0.717) is 22.3 Å². The number of hydrogen-bond acceptors (Lipinski definition) is 5. The number of amidine groups is 1. The van der Waals surface area contributed by atoms with Crippen molar-refractivity contribution < 1.29 is 9.63 Å². The number of thiophene rings is 1. The summed E-state index contributed by atoms with van der Waals surface area (Å²) in [5, 5.41) is 13.0. The van der Waals surface area contributed by atoms with Crippen molar-refractivity contribution in [2.75, 3.05) is 20.6 Å². The van der Waals surface area contributed by atoms with Gasteiger partial charge in [0.2, 0.25) is 0 Å². The first-order chi connectivity index (χ1) is 12.5. The molecule has 136 valence electrons. The normalized spacial score (nSPS) is 16.0. The van der Waals surface area contributed by atoms with Crippen LogP contribution in [0.3, 0.4) is 0 Å². The molecule has 2 aromatic rings. The molecule has 3 N–H and O–H groups in total. The van der Waals surface area contributed by atoms with Crippen LogP contribution in [-0.2, 0) is 4.84 Å². The summed E-state index contributed by atoms with van der Waals surface area (Å²) >= 11 is 7.27. The maximum absolute atomic E-state index is 12.1. The molecule has 0 fully saturated rings. The van der Waals surface area contributed by atoms with Gasteiger partial charge in [0.25, 0.3) is 5.91 Å². The summed E-state index contributed by atoms with van der Waals surface area (Å²) in [6, 6.07) is 9.36. The van der Waals surface area contributed by atoms with Crippen LogP contribution in [0.15, 0.2) is 41.8 Å². The van der Waals surface area contributed by atoms with E-state index in [2.05, 4.69) is 10.8 Å². The van der Waals surface area contributed by atoms with Gasteiger partial charge >= 0.3 is 0 Å². The molecule has 1 unspecified atom stereocenters. The molecule has 1 aromatic carbocycles. The van der Waals surface area contributed by atoms with Crippen molar-refractivity contribution >= 4 is 40.4 Å². The molecular formula is C18H19ClN4O2S. The second-order valence-electron chi connectivity index (χ2n) is 5.97. The first kappa shape index (κ1) is 18.4. The van der Waals surface area contributed by atoms with Crippen molar-refractivity contribution in [3.8, 4) is 0 Å². The molecule has 6 nitrogen and oxygen atoms in total. The molecule has 0 radical (unpaired) electrons. The average molecular weight is 391 g/mol. The predicted octanol–water partition coefficient (Wildman–Crippen LogP) is 2.96. The second-order valence-corrected chi connectivity index (χ2v) is 7.29. The fourth-order valence-corrected chi connectivity index (χ4v) is 3.50. The van der Waals surface area contributed by atoms with E-state index in [0.717, 1.165) is 16.8 Å². The van der Waals surface area contributed by atoms with Gasteiger partial charge in [-0.05, 0) is 23.1 Å². The molecule has 0 aliphatic carbocycles. The quantitative estimate of drug-likeness (QED) is 0.542. The topological polar surface area (TPSA) is 77.5 Å². The lowest BCUT2D eigenvalue weighted by Gasteiger charge is -2.14. The zero-order valence-electron chi connectivity index (χ0n) is 14.4. The van der Waals surface area contributed by atoms with Gasteiger partial charge in [0.15, 0.2) is 0 Å². The van der Waals surface area contributed by atoms with Gasteiger partial charge in [-0.25, -0.2) is 0 Å². The van der Waals surface area contributed by atoms with Crippen LogP contribution in [0.5, 0.6) is 0 Å². The zero-order valence-corrected chi connectivity index (χ0v) is 15.9. The number of hydrogen-bond donors (Lipinski definition) is 3. The van der Waals surface area contributed by atoms with Crippen LogP contribution in [0.2, 0.25) is 5.02 Å².